The highest BCUT2D eigenvalue weighted by Gasteiger charge is 2.23. The van der Waals surface area contributed by atoms with Crippen LogP contribution in [0.5, 0.6) is 5.75 Å². The van der Waals surface area contributed by atoms with E-state index in [1.807, 2.05) is 18.7 Å². The van der Waals surface area contributed by atoms with Crippen LogP contribution in [0.2, 0.25) is 0 Å². The smallest absolute Gasteiger partial charge is 0.233 e. The van der Waals surface area contributed by atoms with Crippen LogP contribution in [0.25, 0.3) is 0 Å². The molecule has 2 aromatic rings. The van der Waals surface area contributed by atoms with E-state index in [1.54, 1.807) is 47.6 Å². The summed E-state index contributed by atoms with van der Waals surface area (Å²) in [7, 11) is 0. The first-order valence-electron chi connectivity index (χ1n) is 9.37. The Balaban J connectivity index is 1.45. The summed E-state index contributed by atoms with van der Waals surface area (Å²) in [6.45, 7) is 6.29. The number of benzene rings is 1. The third kappa shape index (κ3) is 5.42. The number of rotatable bonds is 6. The Morgan fingerprint density at radius 3 is 2.32 bits per heavy atom. The highest BCUT2D eigenvalue weighted by atomic mass is 16.5. The highest BCUT2D eigenvalue weighted by Crippen LogP contribution is 2.17. The number of carbonyl (C=O) groups is 2. The monoisotopic (exact) mass is 383 g/mol. The average molecular weight is 383 g/mol. The van der Waals surface area contributed by atoms with Gasteiger partial charge in [0, 0.05) is 44.3 Å². The number of hydrogen-bond acceptors (Lipinski definition) is 6. The van der Waals surface area contributed by atoms with Gasteiger partial charge in [-0.15, -0.1) is 0 Å². The number of carbonyl (C=O) groups excluding carboxylic acids is 2. The Labute approximate surface area is 164 Å². The maximum absolute atomic E-state index is 12.4. The molecule has 0 saturated carbocycles. The molecule has 0 aliphatic carbocycles. The second-order valence-electron chi connectivity index (χ2n) is 6.83. The van der Waals surface area contributed by atoms with Crippen molar-refractivity contribution in [3.8, 4) is 5.75 Å². The second-order valence-corrected chi connectivity index (χ2v) is 6.83. The minimum atomic E-state index is -0.323. The standard InChI is InChI=1S/C20H25N5O3/c1-15(2)28-17-6-4-16(5-7-17)23-18(26)14-19(27)24-10-12-25(13-11-24)20-21-8-3-9-22-20/h3-9,15H,10-14H2,1-2H3,(H,23,26). The summed E-state index contributed by atoms with van der Waals surface area (Å²) >= 11 is 0. The van der Waals surface area contributed by atoms with Gasteiger partial charge < -0.3 is 19.9 Å². The third-order valence-corrected chi connectivity index (χ3v) is 4.29. The van der Waals surface area contributed by atoms with Crippen molar-refractivity contribution >= 4 is 23.5 Å². The molecular weight excluding hydrogens is 358 g/mol. The van der Waals surface area contributed by atoms with Crippen molar-refractivity contribution in [2.75, 3.05) is 36.4 Å². The van der Waals surface area contributed by atoms with E-state index in [2.05, 4.69) is 15.3 Å². The molecule has 0 spiro atoms. The predicted octanol–water partition coefficient (Wildman–Crippen LogP) is 1.94. The molecule has 0 atom stereocenters. The lowest BCUT2D eigenvalue weighted by Crippen LogP contribution is -2.49. The Morgan fingerprint density at radius 2 is 1.71 bits per heavy atom. The lowest BCUT2D eigenvalue weighted by molar-refractivity contribution is -0.134. The molecule has 2 heterocycles. The van der Waals surface area contributed by atoms with E-state index in [9.17, 15) is 9.59 Å². The highest BCUT2D eigenvalue weighted by molar-refractivity contribution is 6.03. The largest absolute Gasteiger partial charge is 0.491 e. The number of aromatic nitrogens is 2. The minimum Gasteiger partial charge on any atom is -0.491 e. The summed E-state index contributed by atoms with van der Waals surface area (Å²) in [5.74, 6) is 0.906. The summed E-state index contributed by atoms with van der Waals surface area (Å²) in [5, 5.41) is 2.75. The molecule has 0 unspecified atom stereocenters. The average Bonchev–Trinajstić information content (AvgIpc) is 2.70. The summed E-state index contributed by atoms with van der Waals surface area (Å²) in [6, 6.07) is 8.88. The van der Waals surface area contributed by atoms with Gasteiger partial charge in [-0.1, -0.05) is 0 Å². The molecule has 2 amide bonds. The van der Waals surface area contributed by atoms with Crippen molar-refractivity contribution in [2.45, 2.75) is 26.4 Å². The van der Waals surface area contributed by atoms with Gasteiger partial charge >= 0.3 is 0 Å². The van der Waals surface area contributed by atoms with Crippen LogP contribution in [0.1, 0.15) is 20.3 Å². The molecule has 1 aromatic carbocycles. The molecule has 148 valence electrons. The Morgan fingerprint density at radius 1 is 1.07 bits per heavy atom. The number of nitrogens with one attached hydrogen (secondary N) is 1. The summed E-state index contributed by atoms with van der Waals surface area (Å²) in [5.41, 5.74) is 0.639. The molecular formula is C20H25N5O3. The van der Waals surface area contributed by atoms with Crippen LogP contribution in [0.4, 0.5) is 11.6 Å². The number of anilines is 2. The van der Waals surface area contributed by atoms with Gasteiger partial charge in [-0.05, 0) is 44.2 Å². The molecule has 3 rings (SSSR count). The third-order valence-electron chi connectivity index (χ3n) is 4.29. The lowest BCUT2D eigenvalue weighted by atomic mass is 10.2. The SMILES string of the molecule is CC(C)Oc1ccc(NC(=O)CC(=O)N2CCN(c3ncccn3)CC2)cc1. The molecule has 0 bridgehead atoms. The number of nitrogens with zero attached hydrogens (tertiary/aromatic N) is 4. The van der Waals surface area contributed by atoms with Crippen LogP contribution in [-0.4, -0.2) is 59.0 Å². The van der Waals surface area contributed by atoms with Gasteiger partial charge in [-0.2, -0.15) is 0 Å². The topological polar surface area (TPSA) is 87.7 Å². The van der Waals surface area contributed by atoms with Crippen molar-refractivity contribution < 1.29 is 14.3 Å². The molecule has 1 fully saturated rings. The minimum absolute atomic E-state index is 0.0898. The number of piperazine rings is 1. The first kappa shape index (κ1) is 19.6. The maximum Gasteiger partial charge on any atom is 0.233 e. The summed E-state index contributed by atoms with van der Waals surface area (Å²) in [4.78, 5) is 36.8. The Kier molecular flexibility index (Phi) is 6.41. The van der Waals surface area contributed by atoms with E-state index in [0.29, 0.717) is 37.8 Å². The fraction of sp³-hybridized carbons (Fsp3) is 0.400. The maximum atomic E-state index is 12.4. The predicted molar refractivity (Wildman–Crippen MR) is 106 cm³/mol. The lowest BCUT2D eigenvalue weighted by Gasteiger charge is -2.34. The van der Waals surface area contributed by atoms with Crippen LogP contribution < -0.4 is 15.0 Å². The quantitative estimate of drug-likeness (QED) is 0.767. The number of amides is 2. The second kappa shape index (κ2) is 9.16. The van der Waals surface area contributed by atoms with Gasteiger partial charge in [0.05, 0.1) is 6.10 Å². The molecule has 28 heavy (non-hydrogen) atoms. The van der Waals surface area contributed by atoms with Gasteiger partial charge in [0.25, 0.3) is 0 Å². The van der Waals surface area contributed by atoms with E-state index in [0.717, 1.165) is 5.75 Å². The van der Waals surface area contributed by atoms with Gasteiger partial charge in [-0.3, -0.25) is 9.59 Å². The van der Waals surface area contributed by atoms with Crippen LogP contribution >= 0.6 is 0 Å². The zero-order valence-corrected chi connectivity index (χ0v) is 16.2. The van der Waals surface area contributed by atoms with Crippen molar-refractivity contribution in [3.63, 3.8) is 0 Å². The van der Waals surface area contributed by atoms with Gasteiger partial charge in [0.1, 0.15) is 12.2 Å². The number of ether oxygens (including phenoxy) is 1. The zero-order chi connectivity index (χ0) is 19.9. The first-order valence-corrected chi connectivity index (χ1v) is 9.37. The van der Waals surface area contributed by atoms with Crippen LogP contribution in [0.3, 0.4) is 0 Å². The van der Waals surface area contributed by atoms with E-state index in [1.165, 1.54) is 0 Å². The van der Waals surface area contributed by atoms with Crippen molar-refractivity contribution in [1.82, 2.24) is 14.9 Å². The van der Waals surface area contributed by atoms with Gasteiger partial charge in [0.2, 0.25) is 17.8 Å². The van der Waals surface area contributed by atoms with E-state index < -0.39 is 0 Å². The van der Waals surface area contributed by atoms with Gasteiger partial charge in [-0.25, -0.2) is 9.97 Å². The fourth-order valence-corrected chi connectivity index (χ4v) is 2.95. The molecule has 0 radical (unpaired) electrons. The summed E-state index contributed by atoms with van der Waals surface area (Å²) < 4.78 is 5.57. The van der Waals surface area contributed by atoms with Crippen LogP contribution in [0.15, 0.2) is 42.7 Å². The first-order chi connectivity index (χ1) is 13.5. The molecule has 1 aromatic heterocycles. The molecule has 1 aliphatic rings. The molecule has 1 aliphatic heterocycles. The van der Waals surface area contributed by atoms with Crippen LogP contribution in [0, 0.1) is 0 Å². The molecule has 1 N–H and O–H groups in total. The summed E-state index contributed by atoms with van der Waals surface area (Å²) in [6.07, 6.45) is 3.32. The molecule has 8 heteroatoms. The molecule has 1 saturated heterocycles. The van der Waals surface area contributed by atoms with E-state index >= 15 is 0 Å². The van der Waals surface area contributed by atoms with Crippen molar-refractivity contribution in [1.29, 1.82) is 0 Å². The Hall–Kier alpha value is -3.16. The van der Waals surface area contributed by atoms with Gasteiger partial charge in [0.15, 0.2) is 0 Å². The van der Waals surface area contributed by atoms with Crippen LogP contribution in [-0.2, 0) is 9.59 Å². The zero-order valence-electron chi connectivity index (χ0n) is 16.2. The van der Waals surface area contributed by atoms with E-state index in [4.69, 9.17) is 4.74 Å². The van der Waals surface area contributed by atoms with Crippen molar-refractivity contribution in [3.05, 3.63) is 42.7 Å². The van der Waals surface area contributed by atoms with Crippen molar-refractivity contribution in [2.24, 2.45) is 0 Å². The normalized spacial score (nSPS) is 14.1. The number of hydrogen-bond donors (Lipinski definition) is 1. The fourth-order valence-electron chi connectivity index (χ4n) is 2.95. The Bertz CT molecular complexity index is 787. The van der Waals surface area contributed by atoms with E-state index in [-0.39, 0.29) is 24.3 Å². The molecule has 8 nitrogen and oxygen atoms in total.